The lowest BCUT2D eigenvalue weighted by molar-refractivity contribution is 0.415. The average Bonchev–Trinajstić information content (AvgIpc) is 2.86. The highest BCUT2D eigenvalue weighted by atomic mass is 32.1. The van der Waals surface area contributed by atoms with Crippen LogP contribution in [0.15, 0.2) is 34.6 Å². The number of hydrogen-bond donors (Lipinski definition) is 0. The van der Waals surface area contributed by atoms with E-state index >= 15 is 0 Å². The number of methoxy groups -OCH3 is 1. The number of rotatable bonds is 3. The minimum Gasteiger partial charge on any atom is -0.497 e. The zero-order valence-electron chi connectivity index (χ0n) is 11.7. The zero-order valence-corrected chi connectivity index (χ0v) is 12.5. The highest BCUT2D eigenvalue weighted by Gasteiger charge is 2.16. The van der Waals surface area contributed by atoms with Crippen LogP contribution in [-0.4, -0.2) is 18.3 Å². The van der Waals surface area contributed by atoms with E-state index in [-0.39, 0.29) is 5.41 Å². The van der Waals surface area contributed by atoms with Gasteiger partial charge in [0.2, 0.25) is 5.13 Å². The van der Waals surface area contributed by atoms with E-state index in [1.807, 2.05) is 30.5 Å². The van der Waals surface area contributed by atoms with Gasteiger partial charge in [0.05, 0.1) is 12.8 Å². The molecule has 0 aliphatic heterocycles. The Morgan fingerprint density at radius 3 is 2.42 bits per heavy atom. The molecule has 0 fully saturated rings. The first-order valence-corrected chi connectivity index (χ1v) is 7.01. The fourth-order valence-corrected chi connectivity index (χ4v) is 2.38. The summed E-state index contributed by atoms with van der Waals surface area (Å²) in [6.07, 6.45) is 1.82. The third-order valence-corrected chi connectivity index (χ3v) is 3.45. The standard InChI is InChI=1S/C15H18N2OS/c1-15(2,3)13-10-19-14(17-13)16-9-11-5-7-12(18-4)8-6-11/h5-10H,1-4H3/b16-9-. The molecule has 0 atom stereocenters. The molecule has 2 rings (SSSR count). The van der Waals surface area contributed by atoms with E-state index in [4.69, 9.17) is 4.74 Å². The van der Waals surface area contributed by atoms with E-state index in [2.05, 4.69) is 36.1 Å². The second kappa shape index (κ2) is 5.53. The molecule has 1 aromatic carbocycles. The summed E-state index contributed by atoms with van der Waals surface area (Å²) in [4.78, 5) is 8.93. The van der Waals surface area contributed by atoms with Crippen LogP contribution in [0.2, 0.25) is 0 Å². The Morgan fingerprint density at radius 1 is 1.21 bits per heavy atom. The lowest BCUT2D eigenvalue weighted by Gasteiger charge is -2.13. The SMILES string of the molecule is COc1ccc(/C=N\c2nc(C(C)(C)C)cs2)cc1. The smallest absolute Gasteiger partial charge is 0.209 e. The number of nitrogens with zero attached hydrogens (tertiary/aromatic N) is 2. The van der Waals surface area contributed by atoms with Gasteiger partial charge in [-0.1, -0.05) is 20.8 Å². The first-order valence-electron chi connectivity index (χ1n) is 6.13. The molecule has 1 aromatic heterocycles. The molecular weight excluding hydrogens is 256 g/mol. The van der Waals surface area contributed by atoms with Gasteiger partial charge >= 0.3 is 0 Å². The number of hydrogen-bond acceptors (Lipinski definition) is 4. The van der Waals surface area contributed by atoms with Crippen LogP contribution in [0.25, 0.3) is 0 Å². The van der Waals surface area contributed by atoms with Crippen molar-refractivity contribution in [2.24, 2.45) is 4.99 Å². The molecule has 0 unspecified atom stereocenters. The van der Waals surface area contributed by atoms with E-state index in [0.29, 0.717) is 0 Å². The van der Waals surface area contributed by atoms with Crippen LogP contribution in [0, 0.1) is 0 Å². The Kier molecular flexibility index (Phi) is 4.00. The summed E-state index contributed by atoms with van der Waals surface area (Å²) in [5.41, 5.74) is 2.19. The third kappa shape index (κ3) is 3.64. The molecule has 0 saturated carbocycles. The second-order valence-corrected chi connectivity index (χ2v) is 6.13. The van der Waals surface area contributed by atoms with Crippen molar-refractivity contribution in [2.45, 2.75) is 26.2 Å². The number of aromatic nitrogens is 1. The molecule has 0 aliphatic rings. The van der Waals surface area contributed by atoms with Crippen molar-refractivity contribution in [1.82, 2.24) is 4.98 Å². The number of thiazole rings is 1. The fourth-order valence-electron chi connectivity index (χ4n) is 1.49. The number of aliphatic imine (C=N–C) groups is 1. The van der Waals surface area contributed by atoms with Crippen molar-refractivity contribution in [3.8, 4) is 5.75 Å². The van der Waals surface area contributed by atoms with Crippen LogP contribution < -0.4 is 4.74 Å². The van der Waals surface area contributed by atoms with Crippen LogP contribution in [0.5, 0.6) is 5.75 Å². The minimum absolute atomic E-state index is 0.0738. The maximum absolute atomic E-state index is 5.12. The molecule has 0 radical (unpaired) electrons. The second-order valence-electron chi connectivity index (χ2n) is 5.30. The molecule has 0 amide bonds. The predicted molar refractivity (Wildman–Crippen MR) is 81.1 cm³/mol. The highest BCUT2D eigenvalue weighted by Crippen LogP contribution is 2.27. The molecule has 1 heterocycles. The van der Waals surface area contributed by atoms with Gasteiger partial charge in [0.15, 0.2) is 0 Å². The third-order valence-electron chi connectivity index (χ3n) is 2.70. The maximum atomic E-state index is 5.12. The van der Waals surface area contributed by atoms with Gasteiger partial charge in [-0.15, -0.1) is 11.3 Å². The monoisotopic (exact) mass is 274 g/mol. The van der Waals surface area contributed by atoms with E-state index in [1.54, 1.807) is 18.4 Å². The van der Waals surface area contributed by atoms with Gasteiger partial charge in [0.1, 0.15) is 5.75 Å². The fraction of sp³-hybridized carbons (Fsp3) is 0.333. The molecule has 0 aliphatic carbocycles. The molecule has 0 spiro atoms. The van der Waals surface area contributed by atoms with Crippen LogP contribution >= 0.6 is 11.3 Å². The molecule has 3 nitrogen and oxygen atoms in total. The molecule has 0 N–H and O–H groups in total. The molecule has 0 bridgehead atoms. The molecule has 19 heavy (non-hydrogen) atoms. The number of ether oxygens (including phenoxy) is 1. The first-order chi connectivity index (χ1) is 8.99. The predicted octanol–water partition coefficient (Wildman–Crippen LogP) is 4.20. The van der Waals surface area contributed by atoms with Gasteiger partial charge in [0.25, 0.3) is 0 Å². The Balaban J connectivity index is 2.11. The van der Waals surface area contributed by atoms with Crippen molar-refractivity contribution in [2.75, 3.05) is 7.11 Å². The zero-order chi connectivity index (χ0) is 13.9. The van der Waals surface area contributed by atoms with E-state index in [9.17, 15) is 0 Å². The molecule has 100 valence electrons. The van der Waals surface area contributed by atoms with Gasteiger partial charge in [0, 0.05) is 17.0 Å². The van der Waals surface area contributed by atoms with E-state index in [0.717, 1.165) is 22.1 Å². The molecular formula is C15H18N2OS. The Hall–Kier alpha value is -1.68. The molecule has 4 heteroatoms. The van der Waals surface area contributed by atoms with E-state index < -0.39 is 0 Å². The Morgan fingerprint density at radius 2 is 1.89 bits per heavy atom. The maximum Gasteiger partial charge on any atom is 0.209 e. The normalized spacial score (nSPS) is 12.0. The van der Waals surface area contributed by atoms with Crippen molar-refractivity contribution < 1.29 is 4.74 Å². The summed E-state index contributed by atoms with van der Waals surface area (Å²) in [6.45, 7) is 6.46. The van der Waals surface area contributed by atoms with Crippen molar-refractivity contribution in [1.29, 1.82) is 0 Å². The van der Waals surface area contributed by atoms with Gasteiger partial charge in [-0.05, 0) is 29.8 Å². The summed E-state index contributed by atoms with van der Waals surface area (Å²) < 4.78 is 5.12. The van der Waals surface area contributed by atoms with Gasteiger partial charge in [-0.25, -0.2) is 9.98 Å². The van der Waals surface area contributed by atoms with Crippen molar-refractivity contribution in [3.05, 3.63) is 40.9 Å². The van der Waals surface area contributed by atoms with Gasteiger partial charge in [-0.3, -0.25) is 0 Å². The Labute approximate surface area is 118 Å². The molecule has 2 aromatic rings. The van der Waals surface area contributed by atoms with Crippen LogP contribution in [0.4, 0.5) is 5.13 Å². The number of benzene rings is 1. The van der Waals surface area contributed by atoms with E-state index in [1.165, 1.54) is 0 Å². The topological polar surface area (TPSA) is 34.5 Å². The van der Waals surface area contributed by atoms with Gasteiger partial charge < -0.3 is 4.74 Å². The van der Waals surface area contributed by atoms with Crippen LogP contribution in [0.3, 0.4) is 0 Å². The summed E-state index contributed by atoms with van der Waals surface area (Å²) in [7, 11) is 1.66. The largest absolute Gasteiger partial charge is 0.497 e. The van der Waals surface area contributed by atoms with Crippen LogP contribution in [-0.2, 0) is 5.41 Å². The van der Waals surface area contributed by atoms with Crippen molar-refractivity contribution in [3.63, 3.8) is 0 Å². The summed E-state index contributed by atoms with van der Waals surface area (Å²) >= 11 is 1.57. The summed E-state index contributed by atoms with van der Waals surface area (Å²) in [5, 5.41) is 2.86. The lowest BCUT2D eigenvalue weighted by atomic mass is 9.93. The lowest BCUT2D eigenvalue weighted by Crippen LogP contribution is -2.10. The van der Waals surface area contributed by atoms with Gasteiger partial charge in [-0.2, -0.15) is 0 Å². The quantitative estimate of drug-likeness (QED) is 0.786. The average molecular weight is 274 g/mol. The Bertz CT molecular complexity index is 565. The van der Waals surface area contributed by atoms with Crippen molar-refractivity contribution >= 4 is 22.7 Å². The summed E-state index contributed by atoms with van der Waals surface area (Å²) in [5.74, 6) is 0.849. The molecule has 0 saturated heterocycles. The van der Waals surface area contributed by atoms with Crippen LogP contribution in [0.1, 0.15) is 32.0 Å². The highest BCUT2D eigenvalue weighted by molar-refractivity contribution is 7.13. The summed E-state index contributed by atoms with van der Waals surface area (Å²) in [6, 6.07) is 7.79. The minimum atomic E-state index is 0.0738. The first kappa shape index (κ1) is 13.7.